The molecule has 2 nitrogen and oxygen atoms in total. The molecule has 0 aromatic rings. The van der Waals surface area contributed by atoms with Gasteiger partial charge in [-0.1, -0.05) is 20.8 Å². The van der Waals surface area contributed by atoms with Gasteiger partial charge in [0.25, 0.3) is 0 Å². The molecule has 0 bridgehead atoms. The quantitative estimate of drug-likeness (QED) is 0.780. The average molecular weight is 227 g/mol. The summed E-state index contributed by atoms with van der Waals surface area (Å²) in [5, 5.41) is 10.1. The summed E-state index contributed by atoms with van der Waals surface area (Å²) in [5.74, 6) is 2.09. The normalized spacial score (nSPS) is 31.3. The molecule has 3 unspecified atom stereocenters. The van der Waals surface area contributed by atoms with Crippen molar-refractivity contribution in [3.05, 3.63) is 0 Å². The van der Waals surface area contributed by atoms with E-state index in [0.717, 1.165) is 31.3 Å². The lowest BCUT2D eigenvalue weighted by Gasteiger charge is -2.37. The molecule has 1 N–H and O–H groups in total. The summed E-state index contributed by atoms with van der Waals surface area (Å²) in [6.07, 6.45) is 4.58. The number of nitrogens with zero attached hydrogens (tertiary/aromatic N) is 1. The van der Waals surface area contributed by atoms with Crippen molar-refractivity contribution in [2.75, 3.05) is 20.1 Å². The minimum Gasteiger partial charge on any atom is -0.393 e. The van der Waals surface area contributed by atoms with Gasteiger partial charge in [0.2, 0.25) is 0 Å². The van der Waals surface area contributed by atoms with Crippen molar-refractivity contribution in [3.8, 4) is 0 Å². The Balaban J connectivity index is 2.43. The first-order valence-electron chi connectivity index (χ1n) is 6.91. The topological polar surface area (TPSA) is 23.5 Å². The van der Waals surface area contributed by atoms with E-state index in [4.69, 9.17) is 0 Å². The van der Waals surface area contributed by atoms with Crippen LogP contribution in [0.5, 0.6) is 0 Å². The first-order valence-corrected chi connectivity index (χ1v) is 6.91. The molecule has 3 atom stereocenters. The summed E-state index contributed by atoms with van der Waals surface area (Å²) in [5.41, 5.74) is 0. The molecular weight excluding hydrogens is 198 g/mol. The Labute approximate surface area is 101 Å². The van der Waals surface area contributed by atoms with Gasteiger partial charge in [0.05, 0.1) is 6.10 Å². The Hall–Kier alpha value is -0.0800. The number of aliphatic hydroxyl groups is 1. The molecule has 2 heteroatoms. The highest BCUT2D eigenvalue weighted by Crippen LogP contribution is 2.34. The number of hydrogen-bond acceptors (Lipinski definition) is 2. The van der Waals surface area contributed by atoms with Crippen molar-refractivity contribution < 1.29 is 5.11 Å². The summed E-state index contributed by atoms with van der Waals surface area (Å²) in [7, 11) is 2.18. The maximum Gasteiger partial charge on any atom is 0.0580 e. The van der Waals surface area contributed by atoms with Gasteiger partial charge in [-0.05, 0) is 57.0 Å². The molecule has 1 aliphatic rings. The highest BCUT2D eigenvalue weighted by Gasteiger charge is 2.30. The van der Waals surface area contributed by atoms with E-state index in [9.17, 15) is 5.11 Å². The van der Waals surface area contributed by atoms with Crippen molar-refractivity contribution in [2.45, 2.75) is 52.6 Å². The third-order valence-corrected chi connectivity index (χ3v) is 4.08. The molecule has 1 aliphatic carbocycles. The van der Waals surface area contributed by atoms with E-state index in [0.29, 0.717) is 5.92 Å². The second kappa shape index (κ2) is 6.61. The fraction of sp³-hybridized carbons (Fsp3) is 1.00. The molecule has 0 radical (unpaired) electrons. The van der Waals surface area contributed by atoms with Gasteiger partial charge in [-0.25, -0.2) is 0 Å². The van der Waals surface area contributed by atoms with Crippen LogP contribution in [0.1, 0.15) is 46.5 Å². The van der Waals surface area contributed by atoms with Crippen molar-refractivity contribution in [1.82, 2.24) is 4.90 Å². The lowest BCUT2D eigenvalue weighted by atomic mass is 9.74. The largest absolute Gasteiger partial charge is 0.393 e. The Bertz CT molecular complexity index is 193. The van der Waals surface area contributed by atoms with Crippen LogP contribution in [0.15, 0.2) is 0 Å². The molecule has 16 heavy (non-hydrogen) atoms. The summed E-state index contributed by atoms with van der Waals surface area (Å²) < 4.78 is 0. The van der Waals surface area contributed by atoms with Crippen LogP contribution in [0.3, 0.4) is 0 Å². The lowest BCUT2D eigenvalue weighted by Crippen LogP contribution is -2.38. The van der Waals surface area contributed by atoms with Gasteiger partial charge in [-0.15, -0.1) is 0 Å². The van der Waals surface area contributed by atoms with E-state index < -0.39 is 0 Å². The predicted molar refractivity (Wildman–Crippen MR) is 69.5 cm³/mol. The molecule has 1 rings (SSSR count). The van der Waals surface area contributed by atoms with E-state index in [1.165, 1.54) is 19.3 Å². The Kier molecular flexibility index (Phi) is 5.77. The highest BCUT2D eigenvalue weighted by atomic mass is 16.3. The molecule has 0 aromatic heterocycles. The Morgan fingerprint density at radius 2 is 2.00 bits per heavy atom. The first-order chi connectivity index (χ1) is 7.54. The Morgan fingerprint density at radius 1 is 1.31 bits per heavy atom. The highest BCUT2D eigenvalue weighted by molar-refractivity contribution is 4.82. The smallest absolute Gasteiger partial charge is 0.0580 e. The minimum absolute atomic E-state index is 0.0608. The van der Waals surface area contributed by atoms with E-state index in [1.54, 1.807) is 0 Å². The summed E-state index contributed by atoms with van der Waals surface area (Å²) in [4.78, 5) is 2.37. The van der Waals surface area contributed by atoms with Crippen molar-refractivity contribution >= 4 is 0 Å². The maximum absolute atomic E-state index is 10.1. The van der Waals surface area contributed by atoms with Crippen LogP contribution in [-0.2, 0) is 0 Å². The van der Waals surface area contributed by atoms with Crippen LogP contribution in [0, 0.1) is 17.8 Å². The van der Waals surface area contributed by atoms with Gasteiger partial charge in [0.15, 0.2) is 0 Å². The van der Waals surface area contributed by atoms with Gasteiger partial charge < -0.3 is 10.0 Å². The van der Waals surface area contributed by atoms with Gasteiger partial charge in [0.1, 0.15) is 0 Å². The molecule has 0 saturated heterocycles. The van der Waals surface area contributed by atoms with Crippen LogP contribution in [-0.4, -0.2) is 36.2 Å². The average Bonchev–Trinajstić information content (AvgIpc) is 2.21. The summed E-state index contributed by atoms with van der Waals surface area (Å²) >= 11 is 0. The van der Waals surface area contributed by atoms with E-state index >= 15 is 0 Å². The molecule has 0 amide bonds. The molecule has 0 heterocycles. The second-order valence-corrected chi connectivity index (χ2v) is 5.91. The van der Waals surface area contributed by atoms with Crippen LogP contribution in [0.4, 0.5) is 0 Å². The van der Waals surface area contributed by atoms with E-state index in [-0.39, 0.29) is 6.10 Å². The fourth-order valence-electron chi connectivity index (χ4n) is 2.96. The molecule has 0 aliphatic heterocycles. The van der Waals surface area contributed by atoms with Gasteiger partial charge in [-0.3, -0.25) is 0 Å². The third-order valence-electron chi connectivity index (χ3n) is 4.08. The first kappa shape index (κ1) is 14.0. The van der Waals surface area contributed by atoms with Crippen LogP contribution >= 0.6 is 0 Å². The lowest BCUT2D eigenvalue weighted by molar-refractivity contribution is 0.0225. The molecule has 0 spiro atoms. The monoisotopic (exact) mass is 227 g/mol. The van der Waals surface area contributed by atoms with Gasteiger partial charge >= 0.3 is 0 Å². The van der Waals surface area contributed by atoms with Crippen molar-refractivity contribution in [3.63, 3.8) is 0 Å². The van der Waals surface area contributed by atoms with Crippen molar-refractivity contribution in [1.29, 1.82) is 0 Å². The van der Waals surface area contributed by atoms with Crippen LogP contribution < -0.4 is 0 Å². The number of aliphatic hydroxyl groups excluding tert-OH is 1. The van der Waals surface area contributed by atoms with Gasteiger partial charge in [-0.2, -0.15) is 0 Å². The fourth-order valence-corrected chi connectivity index (χ4v) is 2.96. The van der Waals surface area contributed by atoms with E-state index in [1.807, 2.05) is 0 Å². The van der Waals surface area contributed by atoms with E-state index in [2.05, 4.69) is 32.7 Å². The molecule has 1 fully saturated rings. The zero-order chi connectivity index (χ0) is 12.1. The standard InChI is InChI=1S/C14H29NO/c1-5-8-15(4)10-13-9-12(11(2)3)6-7-14(13)16/h11-14,16H,5-10H2,1-4H3. The van der Waals surface area contributed by atoms with Gasteiger partial charge in [0, 0.05) is 6.54 Å². The summed E-state index contributed by atoms with van der Waals surface area (Å²) in [6.45, 7) is 9.06. The molecule has 0 aromatic carbocycles. The minimum atomic E-state index is -0.0608. The number of hydrogen-bond donors (Lipinski definition) is 1. The molecule has 96 valence electrons. The predicted octanol–water partition coefficient (Wildman–Crippen LogP) is 2.76. The zero-order valence-corrected chi connectivity index (χ0v) is 11.4. The SMILES string of the molecule is CCCN(C)CC1CC(C(C)C)CCC1O. The Morgan fingerprint density at radius 3 is 2.56 bits per heavy atom. The molecule has 1 saturated carbocycles. The third kappa shape index (κ3) is 4.06. The van der Waals surface area contributed by atoms with Crippen LogP contribution in [0.25, 0.3) is 0 Å². The summed E-state index contributed by atoms with van der Waals surface area (Å²) in [6, 6.07) is 0. The van der Waals surface area contributed by atoms with Crippen molar-refractivity contribution in [2.24, 2.45) is 17.8 Å². The molecular formula is C14H29NO. The zero-order valence-electron chi connectivity index (χ0n) is 11.4. The van der Waals surface area contributed by atoms with Crippen LogP contribution in [0.2, 0.25) is 0 Å². The number of rotatable bonds is 5. The second-order valence-electron chi connectivity index (χ2n) is 5.91. The maximum atomic E-state index is 10.1.